The lowest BCUT2D eigenvalue weighted by molar-refractivity contribution is -0.126. The zero-order chi connectivity index (χ0) is 24.4. The number of pyridine rings is 1. The number of hydrogen-bond donors (Lipinski definition) is 1. The maximum Gasteiger partial charge on any atom is 0.274 e. The first kappa shape index (κ1) is 22.7. The van der Waals surface area contributed by atoms with Gasteiger partial charge in [0.2, 0.25) is 11.8 Å². The van der Waals surface area contributed by atoms with Crippen LogP contribution in [0.1, 0.15) is 17.7 Å². The van der Waals surface area contributed by atoms with E-state index in [1.807, 2.05) is 18.2 Å². The van der Waals surface area contributed by atoms with E-state index in [1.165, 1.54) is 4.68 Å². The van der Waals surface area contributed by atoms with Gasteiger partial charge in [-0.05, 0) is 42.0 Å². The predicted octanol–water partition coefficient (Wildman–Crippen LogP) is 3.16. The smallest absolute Gasteiger partial charge is 0.274 e. The van der Waals surface area contributed by atoms with E-state index in [2.05, 4.69) is 15.4 Å². The highest BCUT2D eigenvalue weighted by molar-refractivity contribution is 6.30. The summed E-state index contributed by atoms with van der Waals surface area (Å²) in [6, 6.07) is 17.9. The number of nitrogens with zero attached hydrogens (tertiary/aromatic N) is 4. The molecule has 0 radical (unpaired) electrons. The lowest BCUT2D eigenvalue weighted by atomic mass is 10.1. The summed E-state index contributed by atoms with van der Waals surface area (Å²) in [5.41, 5.74) is 1.93. The number of hydrogen-bond acceptors (Lipinski definition) is 5. The largest absolute Gasteiger partial charge is 0.350 e. The first-order valence-corrected chi connectivity index (χ1v) is 11.6. The number of rotatable bonds is 6. The van der Waals surface area contributed by atoms with Gasteiger partial charge in [0, 0.05) is 41.5 Å². The number of anilines is 1. The normalized spacial score (nSPS) is 15.5. The van der Waals surface area contributed by atoms with Gasteiger partial charge in [-0.1, -0.05) is 35.9 Å². The molecule has 5 rings (SSSR count). The molecule has 1 fully saturated rings. The highest BCUT2D eigenvalue weighted by Gasteiger charge is 2.35. The molecule has 2 aromatic heterocycles. The Morgan fingerprint density at radius 3 is 2.54 bits per heavy atom. The zero-order valence-corrected chi connectivity index (χ0v) is 19.5. The van der Waals surface area contributed by atoms with Gasteiger partial charge in [0.25, 0.3) is 5.56 Å². The SMILES string of the molecule is O=C(NCc1nn(Cc2cccnc2)c(=O)c2ccccc12)C1CC(=O)N(c2ccc(Cl)cc2)C1. The van der Waals surface area contributed by atoms with Crippen LogP contribution in [0.25, 0.3) is 10.8 Å². The predicted molar refractivity (Wildman–Crippen MR) is 133 cm³/mol. The second-order valence-electron chi connectivity index (χ2n) is 8.42. The lowest BCUT2D eigenvalue weighted by Gasteiger charge is -2.17. The van der Waals surface area contributed by atoms with Crippen LogP contribution in [0.4, 0.5) is 5.69 Å². The fourth-order valence-corrected chi connectivity index (χ4v) is 4.40. The molecular formula is C26H22ClN5O3. The second-order valence-corrected chi connectivity index (χ2v) is 8.85. The van der Waals surface area contributed by atoms with Crippen molar-refractivity contribution >= 4 is 39.9 Å². The van der Waals surface area contributed by atoms with Gasteiger partial charge < -0.3 is 10.2 Å². The topological polar surface area (TPSA) is 97.2 Å². The number of nitrogens with one attached hydrogen (secondary N) is 1. The standard InChI is InChI=1S/C26H22ClN5O3/c27-19-7-9-20(10-8-19)31-16-18(12-24(31)33)25(34)29-14-23-21-5-1-2-6-22(21)26(35)32(30-23)15-17-4-3-11-28-13-17/h1-11,13,18H,12,14-16H2,(H,29,34). The third-order valence-electron chi connectivity index (χ3n) is 6.06. The molecule has 0 spiro atoms. The van der Waals surface area contributed by atoms with Crippen LogP contribution in [0.3, 0.4) is 0 Å². The van der Waals surface area contributed by atoms with Crippen molar-refractivity contribution in [1.82, 2.24) is 20.1 Å². The van der Waals surface area contributed by atoms with E-state index in [0.29, 0.717) is 33.7 Å². The molecule has 1 atom stereocenters. The highest BCUT2D eigenvalue weighted by Crippen LogP contribution is 2.26. The Morgan fingerprint density at radius 1 is 1.03 bits per heavy atom. The van der Waals surface area contributed by atoms with Gasteiger partial charge in [-0.15, -0.1) is 0 Å². The number of benzene rings is 2. The van der Waals surface area contributed by atoms with Gasteiger partial charge in [0.15, 0.2) is 0 Å². The molecule has 1 saturated heterocycles. The monoisotopic (exact) mass is 487 g/mol. The minimum absolute atomic E-state index is 0.110. The van der Waals surface area contributed by atoms with E-state index in [1.54, 1.807) is 59.8 Å². The van der Waals surface area contributed by atoms with Crippen molar-refractivity contribution < 1.29 is 9.59 Å². The molecule has 0 aliphatic carbocycles. The molecule has 2 aromatic carbocycles. The third-order valence-corrected chi connectivity index (χ3v) is 6.32. The van der Waals surface area contributed by atoms with Crippen molar-refractivity contribution in [2.75, 3.05) is 11.4 Å². The first-order valence-electron chi connectivity index (χ1n) is 11.2. The Bertz CT molecular complexity index is 1450. The summed E-state index contributed by atoms with van der Waals surface area (Å²) in [5, 5.41) is 9.26. The van der Waals surface area contributed by atoms with E-state index in [0.717, 1.165) is 5.56 Å². The zero-order valence-electron chi connectivity index (χ0n) is 18.7. The summed E-state index contributed by atoms with van der Waals surface area (Å²) in [6.45, 7) is 0.699. The fraction of sp³-hybridized carbons (Fsp3) is 0.192. The summed E-state index contributed by atoms with van der Waals surface area (Å²) < 4.78 is 1.39. The molecule has 176 valence electrons. The molecule has 0 saturated carbocycles. The van der Waals surface area contributed by atoms with Crippen molar-refractivity contribution in [3.05, 3.63) is 99.7 Å². The molecule has 4 aromatic rings. The maximum absolute atomic E-state index is 13.0. The van der Waals surface area contributed by atoms with Crippen LogP contribution in [-0.4, -0.2) is 33.1 Å². The van der Waals surface area contributed by atoms with Crippen LogP contribution in [0.2, 0.25) is 5.02 Å². The van der Waals surface area contributed by atoms with E-state index in [4.69, 9.17) is 11.6 Å². The average Bonchev–Trinajstić information content (AvgIpc) is 3.27. The number of carbonyl (C=O) groups excluding carboxylic acids is 2. The second kappa shape index (κ2) is 9.68. The molecule has 1 unspecified atom stereocenters. The summed E-state index contributed by atoms with van der Waals surface area (Å²) in [6.07, 6.45) is 3.49. The summed E-state index contributed by atoms with van der Waals surface area (Å²) in [5.74, 6) is -0.822. The Morgan fingerprint density at radius 2 is 1.80 bits per heavy atom. The Hall–Kier alpha value is -4.04. The molecule has 1 aliphatic heterocycles. The van der Waals surface area contributed by atoms with Crippen LogP contribution < -0.4 is 15.8 Å². The van der Waals surface area contributed by atoms with Crippen LogP contribution in [0.5, 0.6) is 0 Å². The van der Waals surface area contributed by atoms with E-state index >= 15 is 0 Å². The van der Waals surface area contributed by atoms with Crippen molar-refractivity contribution in [2.45, 2.75) is 19.5 Å². The van der Waals surface area contributed by atoms with E-state index < -0.39 is 5.92 Å². The Kier molecular flexibility index (Phi) is 6.29. The van der Waals surface area contributed by atoms with Crippen molar-refractivity contribution in [1.29, 1.82) is 0 Å². The molecule has 9 heteroatoms. The van der Waals surface area contributed by atoms with Crippen LogP contribution in [0.15, 0.2) is 77.9 Å². The van der Waals surface area contributed by atoms with Crippen molar-refractivity contribution in [3.63, 3.8) is 0 Å². The minimum Gasteiger partial charge on any atom is -0.350 e. The number of carbonyl (C=O) groups is 2. The van der Waals surface area contributed by atoms with Gasteiger partial charge in [0.05, 0.1) is 30.1 Å². The van der Waals surface area contributed by atoms with Crippen LogP contribution in [0, 0.1) is 5.92 Å². The average molecular weight is 488 g/mol. The fourth-order valence-electron chi connectivity index (χ4n) is 4.28. The maximum atomic E-state index is 13.0. The molecule has 1 aliphatic rings. The molecule has 35 heavy (non-hydrogen) atoms. The lowest BCUT2D eigenvalue weighted by Crippen LogP contribution is -2.34. The minimum atomic E-state index is -0.481. The number of amides is 2. The van der Waals surface area contributed by atoms with Crippen LogP contribution >= 0.6 is 11.6 Å². The van der Waals surface area contributed by atoms with Crippen LogP contribution in [-0.2, 0) is 22.7 Å². The molecule has 0 bridgehead atoms. The van der Waals surface area contributed by atoms with Crippen molar-refractivity contribution in [3.8, 4) is 0 Å². The Labute approximate surface area is 206 Å². The third kappa shape index (κ3) is 4.79. The number of aromatic nitrogens is 3. The molecule has 2 amide bonds. The number of halogens is 1. The first-order chi connectivity index (χ1) is 17.0. The van der Waals surface area contributed by atoms with Gasteiger partial charge in [0.1, 0.15) is 0 Å². The quantitative estimate of drug-likeness (QED) is 0.450. The molecule has 3 heterocycles. The molecule has 1 N–H and O–H groups in total. The van der Waals surface area contributed by atoms with Gasteiger partial charge >= 0.3 is 0 Å². The van der Waals surface area contributed by atoms with Gasteiger partial charge in [-0.3, -0.25) is 19.4 Å². The summed E-state index contributed by atoms with van der Waals surface area (Å²) in [4.78, 5) is 44.2. The highest BCUT2D eigenvalue weighted by atomic mass is 35.5. The van der Waals surface area contributed by atoms with E-state index in [-0.39, 0.29) is 36.9 Å². The molecule has 8 nitrogen and oxygen atoms in total. The van der Waals surface area contributed by atoms with Crippen molar-refractivity contribution in [2.24, 2.45) is 5.92 Å². The summed E-state index contributed by atoms with van der Waals surface area (Å²) in [7, 11) is 0. The Balaban J connectivity index is 1.34. The van der Waals surface area contributed by atoms with Gasteiger partial charge in [-0.2, -0.15) is 5.10 Å². The summed E-state index contributed by atoms with van der Waals surface area (Å²) >= 11 is 5.94. The number of fused-ring (bicyclic) bond motifs is 1. The van der Waals surface area contributed by atoms with Gasteiger partial charge in [-0.25, -0.2) is 4.68 Å². The molecular weight excluding hydrogens is 466 g/mol. The van der Waals surface area contributed by atoms with E-state index in [9.17, 15) is 14.4 Å².